The number of esters is 2. The summed E-state index contributed by atoms with van der Waals surface area (Å²) in [7, 11) is 0. The van der Waals surface area contributed by atoms with Gasteiger partial charge in [0.25, 0.3) is 0 Å². The number of rotatable bonds is 7. The Balaban J connectivity index is 1.33. The number of carbonyl (C=O) groups excluding carboxylic acids is 2. The maximum atomic E-state index is 13.5. The van der Waals surface area contributed by atoms with Crippen LogP contribution in [0.15, 0.2) is 77.6 Å². The second-order valence-electron chi connectivity index (χ2n) is 13.4. The van der Waals surface area contributed by atoms with Crippen LogP contribution in [0.4, 0.5) is 0 Å². The van der Waals surface area contributed by atoms with E-state index in [-0.39, 0.29) is 35.3 Å². The number of hydrogen-bond acceptors (Lipinski definition) is 8. The number of thioether (sulfide) groups is 1. The zero-order valence-corrected chi connectivity index (χ0v) is 26.8. The molecule has 2 saturated heterocycles. The Morgan fingerprint density at radius 1 is 1.05 bits per heavy atom. The first-order valence-electron chi connectivity index (χ1n) is 15.6. The Kier molecular flexibility index (Phi) is 7.35. The zero-order chi connectivity index (χ0) is 30.9. The molecular formula is C36H40O7S. The smallest absolute Gasteiger partial charge is 0.343 e. The molecule has 0 aromatic heterocycles. The van der Waals surface area contributed by atoms with E-state index < -0.39 is 17.2 Å². The summed E-state index contributed by atoms with van der Waals surface area (Å²) in [5.41, 5.74) is 0.900. The molecule has 2 aromatic rings. The molecule has 0 N–H and O–H groups in total. The minimum Gasteiger partial charge on any atom is -0.419 e. The Bertz CT molecular complexity index is 1530. The second-order valence-corrected chi connectivity index (χ2v) is 14.2. The Labute approximate surface area is 263 Å². The molecule has 7 nitrogen and oxygen atoms in total. The monoisotopic (exact) mass is 616 g/mol. The number of ether oxygens (including phenoxy) is 5. The third-order valence-corrected chi connectivity index (χ3v) is 11.3. The number of hydrogen-bond donors (Lipinski definition) is 0. The minimum atomic E-state index is -0.653. The molecule has 7 atom stereocenters. The molecule has 232 valence electrons. The van der Waals surface area contributed by atoms with E-state index in [1.165, 1.54) is 0 Å². The third kappa shape index (κ3) is 4.21. The molecule has 5 aliphatic rings. The van der Waals surface area contributed by atoms with Crippen molar-refractivity contribution in [3.8, 4) is 0 Å². The highest BCUT2D eigenvalue weighted by Gasteiger charge is 2.84. The van der Waals surface area contributed by atoms with E-state index in [1.54, 1.807) is 36.0 Å². The van der Waals surface area contributed by atoms with Crippen molar-refractivity contribution in [2.45, 2.75) is 70.4 Å². The van der Waals surface area contributed by atoms with Crippen LogP contribution < -0.4 is 0 Å². The van der Waals surface area contributed by atoms with Crippen LogP contribution in [0.5, 0.6) is 0 Å². The van der Waals surface area contributed by atoms with Gasteiger partial charge in [0.05, 0.1) is 30.3 Å². The standard InChI is InChI=1S/C36H40O7S/c1-21(2)25-18-27-36(43-27)34(3)17-16-24-28(26(34)19-40-35(36,4)31(25)39-20-44-5)30(42-33(24)38)29(22-12-8-6-9-13-22)41-32(37)23-14-10-7-11-15-23/h6-15,21,25-27,31H,16-20H2,1-5H3/b30-29+. The van der Waals surface area contributed by atoms with Gasteiger partial charge in [-0.1, -0.05) is 69.3 Å². The average molecular weight is 617 g/mol. The number of epoxide rings is 1. The molecular weight excluding hydrogens is 576 g/mol. The van der Waals surface area contributed by atoms with E-state index in [9.17, 15) is 9.59 Å². The van der Waals surface area contributed by atoms with Gasteiger partial charge >= 0.3 is 11.9 Å². The lowest BCUT2D eigenvalue weighted by Crippen LogP contribution is -2.72. The van der Waals surface area contributed by atoms with Crippen molar-refractivity contribution in [1.29, 1.82) is 0 Å². The van der Waals surface area contributed by atoms with Gasteiger partial charge < -0.3 is 23.7 Å². The summed E-state index contributed by atoms with van der Waals surface area (Å²) in [6, 6.07) is 18.2. The predicted molar refractivity (Wildman–Crippen MR) is 167 cm³/mol. The minimum absolute atomic E-state index is 0.0407. The largest absolute Gasteiger partial charge is 0.419 e. The van der Waals surface area contributed by atoms with E-state index in [0.29, 0.717) is 53.3 Å². The van der Waals surface area contributed by atoms with Crippen molar-refractivity contribution < 1.29 is 33.3 Å². The van der Waals surface area contributed by atoms with Crippen LogP contribution in [0.1, 0.15) is 62.9 Å². The molecule has 3 aliphatic heterocycles. The number of cyclic esters (lactones) is 1. The summed E-state index contributed by atoms with van der Waals surface area (Å²) in [5.74, 6) is 0.763. The molecule has 8 heteroatoms. The Morgan fingerprint density at radius 3 is 2.39 bits per heavy atom. The maximum Gasteiger partial charge on any atom is 0.343 e. The van der Waals surface area contributed by atoms with Gasteiger partial charge in [-0.05, 0) is 56.4 Å². The van der Waals surface area contributed by atoms with E-state index >= 15 is 0 Å². The normalized spacial score (nSPS) is 36.5. The summed E-state index contributed by atoms with van der Waals surface area (Å²) >= 11 is 1.67. The molecule has 1 spiro atoms. The molecule has 7 unspecified atom stereocenters. The first-order chi connectivity index (χ1) is 21.2. The van der Waals surface area contributed by atoms with E-state index in [4.69, 9.17) is 23.7 Å². The van der Waals surface area contributed by atoms with Crippen molar-refractivity contribution in [3.63, 3.8) is 0 Å². The first kappa shape index (κ1) is 29.8. The van der Waals surface area contributed by atoms with Gasteiger partial charge in [0.2, 0.25) is 0 Å². The molecule has 0 amide bonds. The molecule has 7 rings (SSSR count). The summed E-state index contributed by atoms with van der Waals surface area (Å²) in [6.07, 6.45) is 4.20. The lowest BCUT2D eigenvalue weighted by atomic mass is 9.49. The van der Waals surface area contributed by atoms with Crippen molar-refractivity contribution in [2.75, 3.05) is 18.8 Å². The van der Waals surface area contributed by atoms with Crippen LogP contribution in [-0.2, 0) is 28.5 Å². The fraction of sp³-hybridized carbons (Fsp3) is 0.500. The maximum absolute atomic E-state index is 13.5. The summed E-state index contributed by atoms with van der Waals surface area (Å²) in [6.45, 7) is 9.36. The van der Waals surface area contributed by atoms with Gasteiger partial charge in [-0.25, -0.2) is 9.59 Å². The number of benzene rings is 2. The molecule has 0 bridgehead atoms. The summed E-state index contributed by atoms with van der Waals surface area (Å²) < 4.78 is 32.6. The molecule has 2 aromatic carbocycles. The quantitative estimate of drug-likeness (QED) is 0.146. The topological polar surface area (TPSA) is 83.6 Å². The van der Waals surface area contributed by atoms with Crippen LogP contribution in [0, 0.1) is 23.2 Å². The molecule has 44 heavy (non-hydrogen) atoms. The molecule has 3 heterocycles. The van der Waals surface area contributed by atoms with Crippen molar-refractivity contribution in [3.05, 3.63) is 88.7 Å². The van der Waals surface area contributed by atoms with Gasteiger partial charge in [-0.2, -0.15) is 0 Å². The zero-order valence-electron chi connectivity index (χ0n) is 26.0. The van der Waals surface area contributed by atoms with Gasteiger partial charge in [-0.3, -0.25) is 0 Å². The molecule has 1 saturated carbocycles. The lowest BCUT2D eigenvalue weighted by Gasteiger charge is -2.61. The van der Waals surface area contributed by atoms with Crippen molar-refractivity contribution >= 4 is 29.5 Å². The summed E-state index contributed by atoms with van der Waals surface area (Å²) in [5, 5.41) is 0. The van der Waals surface area contributed by atoms with E-state index in [0.717, 1.165) is 18.4 Å². The van der Waals surface area contributed by atoms with Crippen LogP contribution in [0.2, 0.25) is 0 Å². The van der Waals surface area contributed by atoms with Gasteiger partial charge in [-0.15, -0.1) is 11.8 Å². The third-order valence-electron chi connectivity index (χ3n) is 11.0. The van der Waals surface area contributed by atoms with Crippen LogP contribution in [0.3, 0.4) is 0 Å². The predicted octanol–water partition coefficient (Wildman–Crippen LogP) is 6.79. The fourth-order valence-electron chi connectivity index (χ4n) is 8.76. The molecule has 3 fully saturated rings. The van der Waals surface area contributed by atoms with Crippen LogP contribution >= 0.6 is 11.8 Å². The van der Waals surface area contributed by atoms with Crippen molar-refractivity contribution in [2.24, 2.45) is 23.2 Å². The fourth-order valence-corrected chi connectivity index (χ4v) is 9.05. The van der Waals surface area contributed by atoms with Gasteiger partial charge in [0.15, 0.2) is 11.5 Å². The van der Waals surface area contributed by atoms with Gasteiger partial charge in [0, 0.05) is 28.0 Å². The average Bonchev–Trinajstić information content (AvgIpc) is 3.70. The Morgan fingerprint density at radius 2 is 1.73 bits per heavy atom. The second kappa shape index (κ2) is 10.9. The highest BCUT2D eigenvalue weighted by Crippen LogP contribution is 2.73. The summed E-state index contributed by atoms with van der Waals surface area (Å²) in [4.78, 5) is 26.9. The first-order valence-corrected chi connectivity index (χ1v) is 17.0. The van der Waals surface area contributed by atoms with Gasteiger partial charge in [0.1, 0.15) is 11.2 Å². The number of allylic oxidation sites excluding steroid dienone is 1. The van der Waals surface area contributed by atoms with Crippen LogP contribution in [-0.4, -0.2) is 54.2 Å². The van der Waals surface area contributed by atoms with Crippen LogP contribution in [0.25, 0.3) is 5.76 Å². The number of fused-ring (bicyclic) bond motifs is 2. The number of carbonyl (C=O) groups is 2. The molecule has 2 aliphatic carbocycles. The van der Waals surface area contributed by atoms with E-state index in [1.807, 2.05) is 36.4 Å². The van der Waals surface area contributed by atoms with Crippen molar-refractivity contribution in [1.82, 2.24) is 0 Å². The highest BCUT2D eigenvalue weighted by atomic mass is 32.2. The Hall–Kier alpha value is -2.91. The van der Waals surface area contributed by atoms with E-state index in [2.05, 4.69) is 34.0 Å². The lowest BCUT2D eigenvalue weighted by molar-refractivity contribution is -0.261. The SMILES string of the molecule is CSCOC1C(C(C)C)CC2OC23C2(C)CCC4=C(/C(=C(\OC(=O)c5ccccc5)c5ccccc5)OC4=O)C2COC13C. The highest BCUT2D eigenvalue weighted by molar-refractivity contribution is 7.98. The molecule has 0 radical (unpaired) electrons.